The quantitative estimate of drug-likeness (QED) is 0.704. The van der Waals surface area contributed by atoms with Gasteiger partial charge in [-0.05, 0) is 74.7 Å². The lowest BCUT2D eigenvalue weighted by Gasteiger charge is -2.27. The third-order valence-electron chi connectivity index (χ3n) is 4.03. The van der Waals surface area contributed by atoms with E-state index in [-0.39, 0.29) is 0 Å². The van der Waals surface area contributed by atoms with Crippen molar-refractivity contribution < 1.29 is 0 Å². The summed E-state index contributed by atoms with van der Waals surface area (Å²) in [4.78, 5) is 0. The van der Waals surface area contributed by atoms with E-state index in [1.165, 1.54) is 29.5 Å². The van der Waals surface area contributed by atoms with E-state index in [1.807, 2.05) is 0 Å². The number of benzene rings is 1. The number of rotatable bonds is 7. The highest BCUT2D eigenvalue weighted by Gasteiger charge is 2.20. The predicted molar refractivity (Wildman–Crippen MR) is 90.5 cm³/mol. The van der Waals surface area contributed by atoms with Crippen molar-refractivity contribution in [3.05, 3.63) is 34.4 Å². The fraction of sp³-hybridized carbons (Fsp3) is 0.684. The molecule has 0 aliphatic carbocycles. The van der Waals surface area contributed by atoms with Crippen LogP contribution in [-0.2, 0) is 6.42 Å². The lowest BCUT2D eigenvalue weighted by Crippen LogP contribution is -2.27. The largest absolute Gasteiger partial charge is 0.316 e. The average molecular weight is 275 g/mol. The van der Waals surface area contributed by atoms with Crippen LogP contribution in [0.4, 0.5) is 0 Å². The van der Waals surface area contributed by atoms with Crippen LogP contribution >= 0.6 is 0 Å². The van der Waals surface area contributed by atoms with Gasteiger partial charge >= 0.3 is 0 Å². The first-order chi connectivity index (χ1) is 9.21. The van der Waals surface area contributed by atoms with Crippen LogP contribution in [0.3, 0.4) is 0 Å². The van der Waals surface area contributed by atoms with E-state index in [4.69, 9.17) is 0 Å². The molecule has 1 N–H and O–H groups in total. The zero-order valence-electron chi connectivity index (χ0n) is 14.6. The monoisotopic (exact) mass is 275 g/mol. The van der Waals surface area contributed by atoms with Crippen LogP contribution in [0.2, 0.25) is 0 Å². The number of hydrogen-bond donors (Lipinski definition) is 1. The molecular formula is C19H33N. The van der Waals surface area contributed by atoms with Gasteiger partial charge in [-0.15, -0.1) is 0 Å². The molecule has 1 rings (SSSR count). The zero-order chi connectivity index (χ0) is 15.3. The Hall–Kier alpha value is -0.820. The molecule has 1 aromatic carbocycles. The first-order valence-electron chi connectivity index (χ1n) is 7.99. The average Bonchev–Trinajstić information content (AvgIpc) is 2.29. The minimum Gasteiger partial charge on any atom is -0.316 e. The summed E-state index contributed by atoms with van der Waals surface area (Å²) in [6.45, 7) is 18.2. The molecule has 0 heterocycles. The van der Waals surface area contributed by atoms with Crippen LogP contribution in [0, 0.1) is 32.1 Å². The molecule has 0 unspecified atom stereocenters. The van der Waals surface area contributed by atoms with Gasteiger partial charge in [0.1, 0.15) is 0 Å². The molecule has 20 heavy (non-hydrogen) atoms. The van der Waals surface area contributed by atoms with Gasteiger partial charge in [0.15, 0.2) is 0 Å². The lowest BCUT2D eigenvalue weighted by atomic mass is 9.80. The summed E-state index contributed by atoms with van der Waals surface area (Å²) in [5, 5.41) is 3.57. The Bertz CT molecular complexity index is 406. The SMILES string of the molecule is Cc1cc(C)c(CC(C)(C)CCNCC(C)C)c(C)c1. The van der Waals surface area contributed by atoms with Gasteiger partial charge in [0.05, 0.1) is 0 Å². The Morgan fingerprint density at radius 2 is 1.60 bits per heavy atom. The topological polar surface area (TPSA) is 12.0 Å². The van der Waals surface area contributed by atoms with Gasteiger partial charge < -0.3 is 5.32 Å². The molecule has 0 saturated carbocycles. The second-order valence-electron chi connectivity index (χ2n) is 7.57. The van der Waals surface area contributed by atoms with Crippen molar-refractivity contribution in [2.75, 3.05) is 13.1 Å². The maximum absolute atomic E-state index is 3.57. The number of nitrogens with one attached hydrogen (secondary N) is 1. The molecule has 0 spiro atoms. The summed E-state index contributed by atoms with van der Waals surface area (Å²) in [5.74, 6) is 0.736. The van der Waals surface area contributed by atoms with Crippen molar-refractivity contribution in [3.8, 4) is 0 Å². The Kier molecular flexibility index (Phi) is 6.26. The van der Waals surface area contributed by atoms with E-state index in [0.29, 0.717) is 5.41 Å². The van der Waals surface area contributed by atoms with Crippen molar-refractivity contribution in [3.63, 3.8) is 0 Å². The molecule has 0 atom stereocenters. The molecule has 0 fully saturated rings. The minimum absolute atomic E-state index is 0.356. The highest BCUT2D eigenvalue weighted by molar-refractivity contribution is 5.38. The van der Waals surface area contributed by atoms with E-state index in [1.54, 1.807) is 5.56 Å². The molecule has 0 aromatic heterocycles. The zero-order valence-corrected chi connectivity index (χ0v) is 14.6. The molecule has 0 saturated heterocycles. The Labute approximate surface area is 126 Å². The van der Waals surface area contributed by atoms with Crippen molar-refractivity contribution in [2.45, 2.75) is 61.3 Å². The van der Waals surface area contributed by atoms with Gasteiger partial charge in [-0.25, -0.2) is 0 Å². The summed E-state index contributed by atoms with van der Waals surface area (Å²) < 4.78 is 0. The Balaban J connectivity index is 2.62. The molecule has 0 aliphatic heterocycles. The summed E-state index contributed by atoms with van der Waals surface area (Å²) in [7, 11) is 0. The number of aryl methyl sites for hydroxylation is 3. The Morgan fingerprint density at radius 1 is 1.05 bits per heavy atom. The predicted octanol–water partition coefficient (Wildman–Crippen LogP) is 4.82. The second-order valence-corrected chi connectivity index (χ2v) is 7.57. The molecule has 0 bridgehead atoms. The standard InChI is InChI=1S/C19H33N/c1-14(2)13-20-9-8-19(6,7)12-18-16(4)10-15(3)11-17(18)5/h10-11,14,20H,8-9,12-13H2,1-7H3. The first-order valence-corrected chi connectivity index (χ1v) is 7.99. The first kappa shape index (κ1) is 17.2. The lowest BCUT2D eigenvalue weighted by molar-refractivity contribution is 0.321. The fourth-order valence-corrected chi connectivity index (χ4v) is 2.87. The normalized spacial score (nSPS) is 12.2. The molecule has 0 aliphatic rings. The van der Waals surface area contributed by atoms with Crippen LogP contribution in [0.1, 0.15) is 56.4 Å². The molecule has 114 valence electrons. The van der Waals surface area contributed by atoms with Crippen LogP contribution in [-0.4, -0.2) is 13.1 Å². The van der Waals surface area contributed by atoms with Crippen molar-refractivity contribution in [1.29, 1.82) is 0 Å². The van der Waals surface area contributed by atoms with Gasteiger partial charge in [-0.1, -0.05) is 45.4 Å². The Morgan fingerprint density at radius 3 is 2.10 bits per heavy atom. The molecule has 1 aromatic rings. The molecule has 1 nitrogen and oxygen atoms in total. The second kappa shape index (κ2) is 7.26. The third kappa shape index (κ3) is 5.66. The van der Waals surface area contributed by atoms with E-state index in [2.05, 4.69) is 65.9 Å². The van der Waals surface area contributed by atoms with Crippen LogP contribution < -0.4 is 5.32 Å². The summed E-state index contributed by atoms with van der Waals surface area (Å²) in [6, 6.07) is 4.63. The van der Waals surface area contributed by atoms with Gasteiger partial charge in [0, 0.05) is 0 Å². The maximum Gasteiger partial charge on any atom is -0.00258 e. The highest BCUT2D eigenvalue weighted by Crippen LogP contribution is 2.29. The fourth-order valence-electron chi connectivity index (χ4n) is 2.87. The molecule has 1 heteroatoms. The van der Waals surface area contributed by atoms with Gasteiger partial charge in [0.2, 0.25) is 0 Å². The van der Waals surface area contributed by atoms with E-state index in [9.17, 15) is 0 Å². The number of hydrogen-bond acceptors (Lipinski definition) is 1. The van der Waals surface area contributed by atoms with Crippen LogP contribution in [0.5, 0.6) is 0 Å². The van der Waals surface area contributed by atoms with Gasteiger partial charge in [-0.3, -0.25) is 0 Å². The van der Waals surface area contributed by atoms with Gasteiger partial charge in [-0.2, -0.15) is 0 Å². The summed E-state index contributed by atoms with van der Waals surface area (Å²) in [6.07, 6.45) is 2.40. The van der Waals surface area contributed by atoms with Gasteiger partial charge in [0.25, 0.3) is 0 Å². The van der Waals surface area contributed by atoms with E-state index in [0.717, 1.165) is 19.0 Å². The van der Waals surface area contributed by atoms with E-state index < -0.39 is 0 Å². The van der Waals surface area contributed by atoms with E-state index >= 15 is 0 Å². The molecular weight excluding hydrogens is 242 g/mol. The van der Waals surface area contributed by atoms with Crippen molar-refractivity contribution >= 4 is 0 Å². The smallest absolute Gasteiger partial charge is 0.00258 e. The maximum atomic E-state index is 3.57. The summed E-state index contributed by atoms with van der Waals surface area (Å²) in [5.41, 5.74) is 6.18. The molecule has 0 radical (unpaired) electrons. The van der Waals surface area contributed by atoms with Crippen LogP contribution in [0.25, 0.3) is 0 Å². The van der Waals surface area contributed by atoms with Crippen molar-refractivity contribution in [1.82, 2.24) is 5.32 Å². The van der Waals surface area contributed by atoms with Crippen molar-refractivity contribution in [2.24, 2.45) is 11.3 Å². The third-order valence-corrected chi connectivity index (χ3v) is 4.03. The highest BCUT2D eigenvalue weighted by atomic mass is 14.8. The molecule has 0 amide bonds. The minimum atomic E-state index is 0.356. The van der Waals surface area contributed by atoms with Crippen LogP contribution in [0.15, 0.2) is 12.1 Å². The summed E-state index contributed by atoms with van der Waals surface area (Å²) >= 11 is 0.